The minimum Gasteiger partial charge on any atom is -0.497 e. The van der Waals surface area contributed by atoms with Gasteiger partial charge in [0.2, 0.25) is 0 Å². The minimum atomic E-state index is -0.129. The molecule has 0 aromatic heterocycles. The van der Waals surface area contributed by atoms with E-state index in [1.165, 1.54) is 11.1 Å². The van der Waals surface area contributed by atoms with Crippen LogP contribution < -0.4 is 14.8 Å². The molecule has 24 heavy (non-hydrogen) atoms. The highest BCUT2D eigenvalue weighted by Gasteiger charge is 2.13. The van der Waals surface area contributed by atoms with Crippen LogP contribution in [0.1, 0.15) is 36.1 Å². The molecule has 0 aliphatic rings. The van der Waals surface area contributed by atoms with Gasteiger partial charge < -0.3 is 14.8 Å². The van der Waals surface area contributed by atoms with E-state index in [2.05, 4.69) is 44.3 Å². The third-order valence-electron chi connectivity index (χ3n) is 4.11. The van der Waals surface area contributed by atoms with E-state index in [-0.39, 0.29) is 18.6 Å². The lowest BCUT2D eigenvalue weighted by Gasteiger charge is -2.19. The number of ether oxygens (including phenoxy) is 2. The van der Waals surface area contributed by atoms with Gasteiger partial charge in [0.1, 0.15) is 11.5 Å². The van der Waals surface area contributed by atoms with Crippen LogP contribution in [0.15, 0.2) is 42.5 Å². The molecule has 0 fully saturated rings. The second-order valence-corrected chi connectivity index (χ2v) is 5.84. The van der Waals surface area contributed by atoms with Crippen LogP contribution in [-0.2, 0) is 4.79 Å². The Balaban J connectivity index is 1.92. The van der Waals surface area contributed by atoms with E-state index in [0.717, 1.165) is 17.7 Å². The lowest BCUT2D eigenvalue weighted by atomic mass is 9.99. The number of methoxy groups -OCH3 is 1. The summed E-state index contributed by atoms with van der Waals surface area (Å²) >= 11 is 0. The van der Waals surface area contributed by atoms with Crippen molar-refractivity contribution in [2.45, 2.75) is 33.2 Å². The first-order valence-corrected chi connectivity index (χ1v) is 8.16. The zero-order chi connectivity index (χ0) is 17.5. The van der Waals surface area contributed by atoms with E-state index >= 15 is 0 Å². The van der Waals surface area contributed by atoms with E-state index in [9.17, 15) is 4.79 Å². The molecule has 0 heterocycles. The van der Waals surface area contributed by atoms with E-state index in [1.54, 1.807) is 31.4 Å². The molecule has 4 nitrogen and oxygen atoms in total. The summed E-state index contributed by atoms with van der Waals surface area (Å²) in [5.74, 6) is 1.27. The fraction of sp³-hybridized carbons (Fsp3) is 0.350. The highest BCUT2D eigenvalue weighted by molar-refractivity contribution is 5.78. The lowest BCUT2D eigenvalue weighted by molar-refractivity contribution is -0.123. The highest BCUT2D eigenvalue weighted by Crippen LogP contribution is 2.20. The molecule has 0 saturated heterocycles. The summed E-state index contributed by atoms with van der Waals surface area (Å²) in [4.78, 5) is 12.2. The van der Waals surface area contributed by atoms with Gasteiger partial charge in [-0.05, 0) is 61.2 Å². The molecule has 1 amide bonds. The molecule has 128 valence electrons. The smallest absolute Gasteiger partial charge is 0.258 e. The second-order valence-electron chi connectivity index (χ2n) is 5.84. The van der Waals surface area contributed by atoms with Gasteiger partial charge in [-0.3, -0.25) is 4.79 Å². The van der Waals surface area contributed by atoms with Crippen LogP contribution in [-0.4, -0.2) is 19.6 Å². The number of carbonyl (C=O) groups is 1. The Morgan fingerprint density at radius 3 is 2.29 bits per heavy atom. The van der Waals surface area contributed by atoms with Gasteiger partial charge in [-0.1, -0.05) is 25.1 Å². The normalized spacial score (nSPS) is 11.7. The number of rotatable bonds is 7. The molecule has 0 unspecified atom stereocenters. The monoisotopic (exact) mass is 327 g/mol. The summed E-state index contributed by atoms with van der Waals surface area (Å²) in [6.07, 6.45) is 0.830. The Kier molecular flexibility index (Phi) is 6.24. The third kappa shape index (κ3) is 4.75. The van der Waals surface area contributed by atoms with Crippen molar-refractivity contribution >= 4 is 5.91 Å². The van der Waals surface area contributed by atoms with Crippen LogP contribution in [0.3, 0.4) is 0 Å². The Labute approximate surface area is 143 Å². The molecule has 0 aliphatic carbocycles. The Bertz CT molecular complexity index is 680. The summed E-state index contributed by atoms with van der Waals surface area (Å²) in [6, 6.07) is 13.5. The topological polar surface area (TPSA) is 47.6 Å². The van der Waals surface area contributed by atoms with Crippen LogP contribution in [0.5, 0.6) is 11.5 Å². The van der Waals surface area contributed by atoms with Gasteiger partial charge in [0.05, 0.1) is 13.2 Å². The summed E-state index contributed by atoms with van der Waals surface area (Å²) in [6.45, 7) is 6.22. The van der Waals surface area contributed by atoms with Crippen molar-refractivity contribution in [3.8, 4) is 11.5 Å². The molecule has 4 heteroatoms. The van der Waals surface area contributed by atoms with Crippen molar-refractivity contribution in [1.29, 1.82) is 0 Å². The number of carbonyl (C=O) groups excluding carboxylic acids is 1. The highest BCUT2D eigenvalue weighted by atomic mass is 16.5. The zero-order valence-corrected chi connectivity index (χ0v) is 14.8. The first-order chi connectivity index (χ1) is 11.5. The molecule has 2 aromatic carbocycles. The number of amides is 1. The van der Waals surface area contributed by atoms with Crippen molar-refractivity contribution in [2.75, 3.05) is 13.7 Å². The molecule has 2 aromatic rings. The van der Waals surface area contributed by atoms with E-state index in [1.807, 2.05) is 0 Å². The molecular formula is C20H25NO3. The molecule has 2 rings (SSSR count). The van der Waals surface area contributed by atoms with Crippen LogP contribution in [0.2, 0.25) is 0 Å². The number of hydrogen-bond acceptors (Lipinski definition) is 3. The molecule has 0 aliphatic heterocycles. The number of nitrogens with one attached hydrogen (secondary N) is 1. The van der Waals surface area contributed by atoms with Crippen molar-refractivity contribution < 1.29 is 14.3 Å². The molecule has 0 spiro atoms. The SMILES string of the molecule is CC[C@H](NC(=O)COc1ccc(OC)cc1)c1ccc(C)c(C)c1. The van der Waals surface area contributed by atoms with Gasteiger partial charge in [-0.25, -0.2) is 0 Å². The first-order valence-electron chi connectivity index (χ1n) is 8.16. The lowest BCUT2D eigenvalue weighted by Crippen LogP contribution is -2.32. The maximum atomic E-state index is 12.2. The fourth-order valence-corrected chi connectivity index (χ4v) is 2.46. The number of benzene rings is 2. The quantitative estimate of drug-likeness (QED) is 0.837. The van der Waals surface area contributed by atoms with Gasteiger partial charge in [-0.2, -0.15) is 0 Å². The van der Waals surface area contributed by atoms with Crippen LogP contribution in [0.25, 0.3) is 0 Å². The fourth-order valence-electron chi connectivity index (χ4n) is 2.46. The number of aryl methyl sites for hydroxylation is 2. The maximum Gasteiger partial charge on any atom is 0.258 e. The minimum absolute atomic E-state index is 0.00346. The second kappa shape index (κ2) is 8.39. The summed E-state index contributed by atoms with van der Waals surface area (Å²) in [5, 5.41) is 3.03. The maximum absolute atomic E-state index is 12.2. The molecule has 0 saturated carbocycles. The van der Waals surface area contributed by atoms with Gasteiger partial charge in [-0.15, -0.1) is 0 Å². The van der Waals surface area contributed by atoms with Crippen LogP contribution >= 0.6 is 0 Å². The molecular weight excluding hydrogens is 302 g/mol. The van der Waals surface area contributed by atoms with Crippen molar-refractivity contribution in [2.24, 2.45) is 0 Å². The van der Waals surface area contributed by atoms with Crippen molar-refractivity contribution in [3.05, 3.63) is 59.2 Å². The molecule has 1 N–H and O–H groups in total. The number of hydrogen-bond donors (Lipinski definition) is 1. The standard InChI is InChI=1S/C20H25NO3/c1-5-19(16-7-6-14(2)15(3)12-16)21-20(22)13-24-18-10-8-17(23-4)9-11-18/h6-12,19H,5,13H2,1-4H3,(H,21,22)/t19-/m0/s1. The van der Waals surface area contributed by atoms with E-state index in [0.29, 0.717) is 5.75 Å². The van der Waals surface area contributed by atoms with Gasteiger partial charge >= 0.3 is 0 Å². The molecule has 0 radical (unpaired) electrons. The van der Waals surface area contributed by atoms with Crippen molar-refractivity contribution in [3.63, 3.8) is 0 Å². The Morgan fingerprint density at radius 1 is 1.04 bits per heavy atom. The van der Waals surface area contributed by atoms with Gasteiger partial charge in [0, 0.05) is 0 Å². The summed E-state index contributed by atoms with van der Waals surface area (Å²) < 4.78 is 10.6. The first kappa shape index (κ1) is 17.9. The average Bonchev–Trinajstić information content (AvgIpc) is 2.60. The van der Waals surface area contributed by atoms with E-state index in [4.69, 9.17) is 9.47 Å². The largest absolute Gasteiger partial charge is 0.497 e. The predicted octanol–water partition coefficient (Wildman–Crippen LogP) is 3.96. The average molecular weight is 327 g/mol. The van der Waals surface area contributed by atoms with Crippen molar-refractivity contribution in [1.82, 2.24) is 5.32 Å². The van der Waals surface area contributed by atoms with Crippen LogP contribution in [0.4, 0.5) is 0 Å². The van der Waals surface area contributed by atoms with Gasteiger partial charge in [0.15, 0.2) is 6.61 Å². The Hall–Kier alpha value is -2.49. The third-order valence-corrected chi connectivity index (χ3v) is 4.11. The zero-order valence-electron chi connectivity index (χ0n) is 14.8. The Morgan fingerprint density at radius 2 is 1.71 bits per heavy atom. The van der Waals surface area contributed by atoms with Gasteiger partial charge in [0.25, 0.3) is 5.91 Å². The van der Waals surface area contributed by atoms with Crippen LogP contribution in [0, 0.1) is 13.8 Å². The van der Waals surface area contributed by atoms with E-state index < -0.39 is 0 Å². The predicted molar refractivity (Wildman–Crippen MR) is 95.6 cm³/mol. The summed E-state index contributed by atoms with van der Waals surface area (Å²) in [5.41, 5.74) is 3.61. The molecule has 0 bridgehead atoms. The molecule has 1 atom stereocenters. The summed E-state index contributed by atoms with van der Waals surface area (Å²) in [7, 11) is 1.61.